The van der Waals surface area contributed by atoms with Crippen LogP contribution in [0, 0.1) is 5.41 Å². The van der Waals surface area contributed by atoms with Crippen LogP contribution < -0.4 is 11.1 Å². The van der Waals surface area contributed by atoms with Crippen molar-refractivity contribution in [1.29, 1.82) is 0 Å². The van der Waals surface area contributed by atoms with Gasteiger partial charge in [-0.15, -0.1) is 0 Å². The molecule has 3 nitrogen and oxygen atoms in total. The lowest BCUT2D eigenvalue weighted by Gasteiger charge is -2.36. The van der Waals surface area contributed by atoms with E-state index in [2.05, 4.69) is 11.6 Å². The lowest BCUT2D eigenvalue weighted by atomic mass is 9.71. The van der Waals surface area contributed by atoms with Crippen LogP contribution in [-0.4, -0.2) is 30.0 Å². The molecule has 2 aliphatic rings. The summed E-state index contributed by atoms with van der Waals surface area (Å²) < 4.78 is 0. The predicted molar refractivity (Wildman–Crippen MR) is 86.9 cm³/mol. The topological polar surface area (TPSA) is 55.1 Å². The van der Waals surface area contributed by atoms with E-state index >= 15 is 0 Å². The van der Waals surface area contributed by atoms with Gasteiger partial charge in [-0.1, -0.05) is 19.3 Å². The van der Waals surface area contributed by atoms with Crippen LogP contribution in [0.1, 0.15) is 64.2 Å². The van der Waals surface area contributed by atoms with E-state index in [-0.39, 0.29) is 11.3 Å². The molecule has 116 valence electrons. The second-order valence-electron chi connectivity index (χ2n) is 6.72. The number of carbonyl (C=O) groups is 1. The number of carbonyl (C=O) groups excluding carboxylic acids is 1. The van der Waals surface area contributed by atoms with Gasteiger partial charge in [0.15, 0.2) is 0 Å². The third-order valence-corrected chi connectivity index (χ3v) is 6.39. The maximum Gasteiger partial charge on any atom is 0.220 e. The van der Waals surface area contributed by atoms with Gasteiger partial charge in [-0.05, 0) is 56.7 Å². The zero-order valence-electron chi connectivity index (χ0n) is 12.8. The highest BCUT2D eigenvalue weighted by atomic mass is 32.2. The summed E-state index contributed by atoms with van der Waals surface area (Å²) in [5.41, 5.74) is 6.07. The molecule has 2 aliphatic carbocycles. The van der Waals surface area contributed by atoms with Gasteiger partial charge in [0, 0.05) is 17.7 Å². The molecule has 0 heterocycles. The first-order chi connectivity index (χ1) is 9.67. The lowest BCUT2D eigenvalue weighted by molar-refractivity contribution is -0.124. The predicted octanol–water partition coefficient (Wildman–Crippen LogP) is 3.08. The van der Waals surface area contributed by atoms with Crippen LogP contribution in [0.15, 0.2) is 0 Å². The fourth-order valence-corrected chi connectivity index (χ4v) is 4.56. The smallest absolute Gasteiger partial charge is 0.220 e. The van der Waals surface area contributed by atoms with Crippen molar-refractivity contribution in [2.24, 2.45) is 11.1 Å². The van der Waals surface area contributed by atoms with Gasteiger partial charge < -0.3 is 11.1 Å². The Bertz CT molecular complexity index is 308. The summed E-state index contributed by atoms with van der Waals surface area (Å²) in [4.78, 5) is 12.3. The second-order valence-corrected chi connectivity index (χ2v) is 7.86. The van der Waals surface area contributed by atoms with Gasteiger partial charge in [0.25, 0.3) is 0 Å². The standard InChI is InChI=1S/C16H30N2OS/c1-20-14-7-5-13(6-8-14)18-15(19)11-16(12-17)9-3-2-4-10-16/h13-14H,2-12,17H2,1H3,(H,18,19). The summed E-state index contributed by atoms with van der Waals surface area (Å²) in [6.45, 7) is 0.666. The van der Waals surface area contributed by atoms with Gasteiger partial charge >= 0.3 is 0 Å². The highest BCUT2D eigenvalue weighted by Gasteiger charge is 2.33. The first-order valence-corrected chi connectivity index (χ1v) is 9.48. The Morgan fingerprint density at radius 1 is 1.20 bits per heavy atom. The molecular formula is C16H30N2OS. The first-order valence-electron chi connectivity index (χ1n) is 8.20. The fourth-order valence-electron chi connectivity index (χ4n) is 3.82. The van der Waals surface area contributed by atoms with Crippen LogP contribution in [0.25, 0.3) is 0 Å². The Morgan fingerprint density at radius 2 is 1.85 bits per heavy atom. The zero-order valence-corrected chi connectivity index (χ0v) is 13.6. The van der Waals surface area contributed by atoms with E-state index in [1.165, 1.54) is 32.1 Å². The quantitative estimate of drug-likeness (QED) is 0.820. The van der Waals surface area contributed by atoms with E-state index in [0.717, 1.165) is 30.9 Å². The van der Waals surface area contributed by atoms with Crippen molar-refractivity contribution < 1.29 is 4.79 Å². The van der Waals surface area contributed by atoms with Crippen LogP contribution >= 0.6 is 11.8 Å². The normalized spacial score (nSPS) is 29.9. The molecule has 0 atom stereocenters. The average Bonchev–Trinajstić information content (AvgIpc) is 2.49. The van der Waals surface area contributed by atoms with E-state index in [1.807, 2.05) is 11.8 Å². The molecule has 2 fully saturated rings. The van der Waals surface area contributed by atoms with Crippen molar-refractivity contribution in [2.75, 3.05) is 12.8 Å². The molecule has 0 aromatic carbocycles. The second kappa shape index (κ2) is 7.69. The van der Waals surface area contributed by atoms with Gasteiger partial charge in [0.1, 0.15) is 0 Å². The first kappa shape index (κ1) is 16.2. The molecule has 0 spiro atoms. The van der Waals surface area contributed by atoms with E-state index in [1.54, 1.807) is 0 Å². The Balaban J connectivity index is 1.77. The van der Waals surface area contributed by atoms with Crippen molar-refractivity contribution in [3.05, 3.63) is 0 Å². The van der Waals surface area contributed by atoms with E-state index < -0.39 is 0 Å². The Labute approximate surface area is 127 Å². The zero-order chi connectivity index (χ0) is 14.4. The number of amides is 1. The molecule has 0 bridgehead atoms. The van der Waals surface area contributed by atoms with E-state index in [9.17, 15) is 4.79 Å². The van der Waals surface area contributed by atoms with Crippen molar-refractivity contribution in [2.45, 2.75) is 75.5 Å². The number of hydrogen-bond acceptors (Lipinski definition) is 3. The monoisotopic (exact) mass is 298 g/mol. The summed E-state index contributed by atoms with van der Waals surface area (Å²) in [7, 11) is 0. The minimum absolute atomic E-state index is 0.0960. The minimum atomic E-state index is 0.0960. The summed E-state index contributed by atoms with van der Waals surface area (Å²) >= 11 is 1.97. The van der Waals surface area contributed by atoms with Gasteiger partial charge in [0.2, 0.25) is 5.91 Å². The van der Waals surface area contributed by atoms with Crippen molar-refractivity contribution >= 4 is 17.7 Å². The highest BCUT2D eigenvalue weighted by Crippen LogP contribution is 2.38. The molecule has 0 aromatic heterocycles. The number of nitrogens with one attached hydrogen (secondary N) is 1. The van der Waals surface area contributed by atoms with Crippen molar-refractivity contribution in [3.63, 3.8) is 0 Å². The third-order valence-electron chi connectivity index (χ3n) is 5.26. The van der Waals surface area contributed by atoms with Gasteiger partial charge in [0.05, 0.1) is 0 Å². The maximum atomic E-state index is 12.3. The van der Waals surface area contributed by atoms with Crippen LogP contribution in [0.5, 0.6) is 0 Å². The molecule has 20 heavy (non-hydrogen) atoms. The van der Waals surface area contributed by atoms with Crippen LogP contribution in [-0.2, 0) is 4.79 Å². The molecule has 3 N–H and O–H groups in total. The third kappa shape index (κ3) is 4.39. The Hall–Kier alpha value is -0.220. The molecule has 4 heteroatoms. The van der Waals surface area contributed by atoms with Crippen molar-refractivity contribution in [3.8, 4) is 0 Å². The summed E-state index contributed by atoms with van der Waals surface area (Å²) in [6, 6.07) is 0.407. The van der Waals surface area contributed by atoms with Gasteiger partial charge in [-0.2, -0.15) is 11.8 Å². The van der Waals surface area contributed by atoms with E-state index in [0.29, 0.717) is 19.0 Å². The lowest BCUT2D eigenvalue weighted by Crippen LogP contribution is -2.43. The average molecular weight is 298 g/mol. The van der Waals surface area contributed by atoms with Gasteiger partial charge in [-0.25, -0.2) is 0 Å². The van der Waals surface area contributed by atoms with Crippen LogP contribution in [0.4, 0.5) is 0 Å². The Morgan fingerprint density at radius 3 is 2.40 bits per heavy atom. The molecule has 2 rings (SSSR count). The molecule has 2 saturated carbocycles. The summed E-state index contributed by atoms with van der Waals surface area (Å²) in [6.07, 6.45) is 13.7. The number of nitrogens with two attached hydrogens (primary N) is 1. The molecule has 0 aliphatic heterocycles. The molecule has 1 amide bonds. The molecule has 0 saturated heterocycles. The summed E-state index contributed by atoms with van der Waals surface area (Å²) in [5, 5.41) is 4.07. The van der Waals surface area contributed by atoms with Gasteiger partial charge in [-0.3, -0.25) is 4.79 Å². The number of thioether (sulfide) groups is 1. The summed E-state index contributed by atoms with van der Waals surface area (Å²) in [5.74, 6) is 0.241. The Kier molecular flexibility index (Phi) is 6.21. The van der Waals surface area contributed by atoms with E-state index in [4.69, 9.17) is 5.73 Å². The fraction of sp³-hybridized carbons (Fsp3) is 0.938. The molecule has 0 radical (unpaired) electrons. The molecular weight excluding hydrogens is 268 g/mol. The van der Waals surface area contributed by atoms with Crippen LogP contribution in [0.2, 0.25) is 0 Å². The SMILES string of the molecule is CSC1CCC(NC(=O)CC2(CN)CCCCC2)CC1. The highest BCUT2D eigenvalue weighted by molar-refractivity contribution is 7.99. The number of hydrogen-bond donors (Lipinski definition) is 2. The number of rotatable bonds is 5. The van der Waals surface area contributed by atoms with Crippen molar-refractivity contribution in [1.82, 2.24) is 5.32 Å². The minimum Gasteiger partial charge on any atom is -0.353 e. The molecule has 0 unspecified atom stereocenters. The van der Waals surface area contributed by atoms with Crippen LogP contribution in [0.3, 0.4) is 0 Å². The maximum absolute atomic E-state index is 12.3. The molecule has 0 aromatic rings. The largest absolute Gasteiger partial charge is 0.353 e.